The zero-order valence-corrected chi connectivity index (χ0v) is 13.8. The average Bonchev–Trinajstić information content (AvgIpc) is 2.43. The van der Waals surface area contributed by atoms with Crippen molar-refractivity contribution < 1.29 is 23.1 Å². The minimum Gasteiger partial charge on any atom is -0.481 e. The molecule has 1 aromatic carbocycles. The van der Waals surface area contributed by atoms with Gasteiger partial charge < -0.3 is 10.0 Å². The van der Waals surface area contributed by atoms with Crippen molar-refractivity contribution in [2.75, 3.05) is 7.05 Å². The Morgan fingerprint density at radius 3 is 2.13 bits per heavy atom. The van der Waals surface area contributed by atoms with Crippen molar-refractivity contribution in [3.05, 3.63) is 29.8 Å². The first-order chi connectivity index (χ1) is 10.6. The molecule has 126 valence electrons. The van der Waals surface area contributed by atoms with Gasteiger partial charge in [0.1, 0.15) is 0 Å². The first-order valence-electron chi connectivity index (χ1n) is 7.25. The van der Waals surface area contributed by atoms with Gasteiger partial charge in [0.25, 0.3) is 0 Å². The largest absolute Gasteiger partial charge is 0.481 e. The number of carboxylic acids is 1. The van der Waals surface area contributed by atoms with Crippen molar-refractivity contribution in [1.82, 2.24) is 4.90 Å². The number of aliphatic carboxylic acids is 1. The van der Waals surface area contributed by atoms with Gasteiger partial charge in [0.05, 0.1) is 22.8 Å². The van der Waals surface area contributed by atoms with Gasteiger partial charge in [0.15, 0.2) is 0 Å². The van der Waals surface area contributed by atoms with Crippen LogP contribution in [0.5, 0.6) is 0 Å². The van der Waals surface area contributed by atoms with Gasteiger partial charge in [-0.25, -0.2) is 13.6 Å². The van der Waals surface area contributed by atoms with Crippen LogP contribution in [-0.2, 0) is 19.6 Å². The van der Waals surface area contributed by atoms with Crippen LogP contribution in [-0.4, -0.2) is 37.3 Å². The molecular formula is C15H20N2O5S. The van der Waals surface area contributed by atoms with Gasteiger partial charge in [-0.1, -0.05) is 12.1 Å². The molecule has 0 aliphatic heterocycles. The molecule has 1 amide bonds. The number of amides is 1. The zero-order valence-electron chi connectivity index (χ0n) is 13.0. The first kappa shape index (κ1) is 17.4. The molecule has 1 aliphatic carbocycles. The fourth-order valence-electron chi connectivity index (χ4n) is 2.70. The number of hydrogen-bond acceptors (Lipinski definition) is 4. The molecule has 7 nitrogen and oxygen atoms in total. The predicted molar refractivity (Wildman–Crippen MR) is 82.9 cm³/mol. The second kappa shape index (κ2) is 6.29. The standard InChI is InChI=1S/C15H20N2O5S/c1-9(10-3-5-11(6-4-10)23(16,21)22)17(2)14(18)12-7-8-13(12)15(19)20/h3-6,9,12-13H,7-8H2,1-2H3,(H,19,20)(H2,16,21,22). The molecule has 3 N–H and O–H groups in total. The highest BCUT2D eigenvalue weighted by molar-refractivity contribution is 7.89. The summed E-state index contributed by atoms with van der Waals surface area (Å²) in [4.78, 5) is 25.0. The second-order valence-electron chi connectivity index (χ2n) is 5.87. The van der Waals surface area contributed by atoms with Gasteiger partial charge in [0, 0.05) is 7.05 Å². The zero-order chi connectivity index (χ0) is 17.4. The smallest absolute Gasteiger partial charge is 0.307 e. The molecular weight excluding hydrogens is 320 g/mol. The lowest BCUT2D eigenvalue weighted by Crippen LogP contribution is -2.45. The number of nitrogens with zero attached hydrogens (tertiary/aromatic N) is 1. The van der Waals surface area contributed by atoms with E-state index in [0.717, 1.165) is 5.56 Å². The number of carboxylic acid groups (broad SMARTS) is 1. The number of benzene rings is 1. The molecule has 1 aliphatic rings. The van der Waals surface area contributed by atoms with Gasteiger partial charge in [-0.15, -0.1) is 0 Å². The number of carbonyl (C=O) groups is 2. The molecule has 0 heterocycles. The number of nitrogens with two attached hydrogens (primary N) is 1. The Morgan fingerprint density at radius 1 is 1.22 bits per heavy atom. The van der Waals surface area contributed by atoms with Crippen LogP contribution in [0.2, 0.25) is 0 Å². The van der Waals surface area contributed by atoms with Crippen LogP contribution in [0, 0.1) is 11.8 Å². The lowest BCUT2D eigenvalue weighted by atomic mass is 9.72. The van der Waals surface area contributed by atoms with E-state index in [4.69, 9.17) is 10.2 Å². The SMILES string of the molecule is CC(c1ccc(S(N)(=O)=O)cc1)N(C)C(=O)C1CCC1C(=O)O. The van der Waals surface area contributed by atoms with Crippen molar-refractivity contribution in [3.63, 3.8) is 0 Å². The van der Waals surface area contributed by atoms with Crippen LogP contribution >= 0.6 is 0 Å². The third-order valence-electron chi connectivity index (χ3n) is 4.53. The fourth-order valence-corrected chi connectivity index (χ4v) is 3.22. The van der Waals surface area contributed by atoms with Crippen LogP contribution in [0.25, 0.3) is 0 Å². The van der Waals surface area contributed by atoms with E-state index in [2.05, 4.69) is 0 Å². The van der Waals surface area contributed by atoms with E-state index < -0.39 is 27.8 Å². The predicted octanol–water partition coefficient (Wildman–Crippen LogP) is 0.964. The van der Waals surface area contributed by atoms with Gasteiger partial charge in [-0.05, 0) is 37.5 Å². The average molecular weight is 340 g/mol. The molecule has 8 heteroatoms. The summed E-state index contributed by atoms with van der Waals surface area (Å²) in [6, 6.07) is 5.69. The Kier molecular flexibility index (Phi) is 4.76. The van der Waals surface area contributed by atoms with E-state index in [1.807, 2.05) is 0 Å². The van der Waals surface area contributed by atoms with Crippen molar-refractivity contribution in [1.29, 1.82) is 0 Å². The number of rotatable bonds is 5. The Balaban J connectivity index is 2.12. The number of primary sulfonamides is 1. The van der Waals surface area contributed by atoms with E-state index in [0.29, 0.717) is 12.8 Å². The maximum Gasteiger partial charge on any atom is 0.307 e. The number of hydrogen-bond donors (Lipinski definition) is 2. The van der Waals surface area contributed by atoms with E-state index in [9.17, 15) is 18.0 Å². The summed E-state index contributed by atoms with van der Waals surface area (Å²) in [5.41, 5.74) is 0.749. The number of carbonyl (C=O) groups excluding carboxylic acids is 1. The normalized spacial score (nSPS) is 22.0. The highest BCUT2D eigenvalue weighted by atomic mass is 32.2. The maximum absolute atomic E-state index is 12.4. The van der Waals surface area contributed by atoms with Gasteiger partial charge in [-0.3, -0.25) is 9.59 Å². The lowest BCUT2D eigenvalue weighted by molar-refractivity contribution is -0.156. The van der Waals surface area contributed by atoms with Crippen molar-refractivity contribution in [2.45, 2.75) is 30.7 Å². The Hall–Kier alpha value is -1.93. The number of sulfonamides is 1. The van der Waals surface area contributed by atoms with Gasteiger partial charge >= 0.3 is 5.97 Å². The first-order valence-corrected chi connectivity index (χ1v) is 8.79. The van der Waals surface area contributed by atoms with E-state index in [1.54, 1.807) is 26.1 Å². The highest BCUT2D eigenvalue weighted by Gasteiger charge is 2.43. The maximum atomic E-state index is 12.4. The summed E-state index contributed by atoms with van der Waals surface area (Å²) in [6.07, 6.45) is 1.11. The van der Waals surface area contributed by atoms with E-state index in [1.165, 1.54) is 17.0 Å². The molecule has 1 fully saturated rings. The molecule has 0 bridgehead atoms. The quantitative estimate of drug-likeness (QED) is 0.828. The third-order valence-corrected chi connectivity index (χ3v) is 5.46. The summed E-state index contributed by atoms with van der Waals surface area (Å²) >= 11 is 0. The molecule has 3 atom stereocenters. The molecule has 1 saturated carbocycles. The molecule has 0 spiro atoms. The summed E-state index contributed by atoms with van der Waals surface area (Å²) < 4.78 is 22.5. The minimum atomic E-state index is -3.75. The van der Waals surface area contributed by atoms with Gasteiger partial charge in [-0.2, -0.15) is 0 Å². The van der Waals surface area contributed by atoms with Crippen molar-refractivity contribution in [3.8, 4) is 0 Å². The Bertz CT molecular complexity index is 714. The summed E-state index contributed by atoms with van der Waals surface area (Å²) in [6.45, 7) is 1.80. The van der Waals surface area contributed by atoms with E-state index >= 15 is 0 Å². The fraction of sp³-hybridized carbons (Fsp3) is 0.467. The van der Waals surface area contributed by atoms with Crippen LogP contribution in [0.3, 0.4) is 0 Å². The van der Waals surface area contributed by atoms with Crippen LogP contribution < -0.4 is 5.14 Å². The highest BCUT2D eigenvalue weighted by Crippen LogP contribution is 2.37. The van der Waals surface area contributed by atoms with Crippen LogP contribution in [0.1, 0.15) is 31.4 Å². The molecule has 3 unspecified atom stereocenters. The second-order valence-corrected chi connectivity index (χ2v) is 7.43. The minimum absolute atomic E-state index is 0.00682. The Morgan fingerprint density at radius 2 is 1.74 bits per heavy atom. The topological polar surface area (TPSA) is 118 Å². The summed E-state index contributed by atoms with van der Waals surface area (Å²) in [5, 5.41) is 14.1. The van der Waals surface area contributed by atoms with Crippen LogP contribution in [0.15, 0.2) is 29.2 Å². The van der Waals surface area contributed by atoms with Gasteiger partial charge in [0.2, 0.25) is 15.9 Å². The van der Waals surface area contributed by atoms with Crippen LogP contribution in [0.4, 0.5) is 0 Å². The molecule has 0 aromatic heterocycles. The molecule has 23 heavy (non-hydrogen) atoms. The summed E-state index contributed by atoms with van der Waals surface area (Å²) in [7, 11) is -2.13. The summed E-state index contributed by atoms with van der Waals surface area (Å²) in [5.74, 6) is -2.23. The Labute approximate surface area is 135 Å². The molecule has 1 aromatic rings. The molecule has 2 rings (SSSR count). The monoisotopic (exact) mass is 340 g/mol. The van der Waals surface area contributed by atoms with Crippen molar-refractivity contribution >= 4 is 21.9 Å². The molecule has 0 radical (unpaired) electrons. The molecule has 0 saturated heterocycles. The van der Waals surface area contributed by atoms with Crippen molar-refractivity contribution in [2.24, 2.45) is 17.0 Å². The lowest BCUT2D eigenvalue weighted by Gasteiger charge is -2.37. The third kappa shape index (κ3) is 3.53. The van der Waals surface area contributed by atoms with E-state index in [-0.39, 0.29) is 16.8 Å².